The number of rotatable bonds is 5. The first-order valence-corrected chi connectivity index (χ1v) is 13.8. The number of halogens is 1. The lowest BCUT2D eigenvalue weighted by Crippen LogP contribution is -2.34. The number of piperidine rings is 1. The van der Waals surface area contributed by atoms with Gasteiger partial charge in [0.05, 0.1) is 41.5 Å². The maximum absolute atomic E-state index is 14.0. The van der Waals surface area contributed by atoms with Gasteiger partial charge in [-0.15, -0.1) is 5.10 Å². The van der Waals surface area contributed by atoms with Crippen molar-refractivity contribution >= 4 is 11.5 Å². The number of hydrogen-bond acceptors (Lipinski definition) is 7. The zero-order valence-electron chi connectivity index (χ0n) is 22.0. The molecule has 7 rings (SSSR count). The number of aromatic nitrogens is 5. The van der Waals surface area contributed by atoms with Crippen LogP contribution in [0.4, 0.5) is 10.2 Å². The molecular weight excluding hydrogens is 505 g/mol. The molecule has 9 heteroatoms. The van der Waals surface area contributed by atoms with Crippen LogP contribution in [0.15, 0.2) is 79.1 Å². The lowest BCUT2D eigenvalue weighted by molar-refractivity contribution is 0.116. The van der Waals surface area contributed by atoms with Crippen LogP contribution in [0, 0.1) is 5.82 Å². The van der Waals surface area contributed by atoms with Crippen molar-refractivity contribution in [3.63, 3.8) is 0 Å². The second kappa shape index (κ2) is 10.4. The van der Waals surface area contributed by atoms with Crippen molar-refractivity contribution in [2.45, 2.75) is 43.9 Å². The van der Waals surface area contributed by atoms with Crippen LogP contribution in [-0.4, -0.2) is 48.9 Å². The summed E-state index contributed by atoms with van der Waals surface area (Å²) in [6.07, 6.45) is 6.67. The smallest absolute Gasteiger partial charge is 0.154 e. The summed E-state index contributed by atoms with van der Waals surface area (Å²) in [6, 6.07) is 20.9. The topological polar surface area (TPSA) is 91.5 Å². The van der Waals surface area contributed by atoms with Gasteiger partial charge in [-0.3, -0.25) is 4.98 Å². The van der Waals surface area contributed by atoms with E-state index < -0.39 is 0 Å². The first-order valence-electron chi connectivity index (χ1n) is 13.8. The summed E-state index contributed by atoms with van der Waals surface area (Å²) in [7, 11) is 0. The van der Waals surface area contributed by atoms with E-state index in [0.29, 0.717) is 6.42 Å². The number of aliphatic hydroxyl groups is 1. The van der Waals surface area contributed by atoms with E-state index in [4.69, 9.17) is 10.1 Å². The fourth-order valence-corrected chi connectivity index (χ4v) is 5.95. The summed E-state index contributed by atoms with van der Waals surface area (Å²) in [5.41, 5.74) is 5.97. The lowest BCUT2D eigenvalue weighted by Gasteiger charge is -2.27. The Kier molecular flexibility index (Phi) is 6.45. The van der Waals surface area contributed by atoms with Crippen molar-refractivity contribution in [1.82, 2.24) is 29.9 Å². The molecule has 0 bridgehead atoms. The number of benzene rings is 1. The number of aliphatic hydroxyl groups excluding tert-OH is 1. The Bertz CT molecular complexity index is 1670. The molecule has 0 spiro atoms. The van der Waals surface area contributed by atoms with E-state index >= 15 is 0 Å². The van der Waals surface area contributed by atoms with Gasteiger partial charge in [-0.1, -0.05) is 18.2 Å². The molecule has 2 fully saturated rings. The van der Waals surface area contributed by atoms with Gasteiger partial charge in [0.25, 0.3) is 0 Å². The molecule has 2 N–H and O–H groups in total. The molecule has 2 aliphatic rings. The second-order valence-electron chi connectivity index (χ2n) is 10.6. The number of nitrogens with zero attached hydrogens (tertiary/aromatic N) is 6. The Labute approximate surface area is 231 Å². The molecule has 0 radical (unpaired) electrons. The lowest BCUT2D eigenvalue weighted by atomic mass is 9.98. The quantitative estimate of drug-likeness (QED) is 0.323. The van der Waals surface area contributed by atoms with Crippen LogP contribution in [0.1, 0.15) is 49.0 Å². The molecule has 2 saturated heterocycles. The first-order chi connectivity index (χ1) is 19.6. The molecule has 6 heterocycles. The van der Waals surface area contributed by atoms with E-state index in [-0.39, 0.29) is 24.0 Å². The third kappa shape index (κ3) is 4.71. The van der Waals surface area contributed by atoms with Crippen molar-refractivity contribution in [2.75, 3.05) is 18.0 Å². The highest BCUT2D eigenvalue weighted by Gasteiger charge is 2.28. The van der Waals surface area contributed by atoms with E-state index in [1.54, 1.807) is 24.5 Å². The van der Waals surface area contributed by atoms with E-state index in [1.165, 1.54) is 6.07 Å². The van der Waals surface area contributed by atoms with Gasteiger partial charge in [0.15, 0.2) is 5.65 Å². The monoisotopic (exact) mass is 535 g/mol. The van der Waals surface area contributed by atoms with Crippen molar-refractivity contribution in [3.05, 3.63) is 96.2 Å². The minimum absolute atomic E-state index is 0.0232. The third-order valence-corrected chi connectivity index (χ3v) is 7.95. The predicted molar refractivity (Wildman–Crippen MR) is 151 cm³/mol. The van der Waals surface area contributed by atoms with Crippen molar-refractivity contribution in [2.24, 2.45) is 0 Å². The number of hydrogen-bond donors (Lipinski definition) is 2. The molecule has 3 atom stereocenters. The van der Waals surface area contributed by atoms with E-state index in [0.717, 1.165) is 77.7 Å². The van der Waals surface area contributed by atoms with Crippen LogP contribution in [0.2, 0.25) is 0 Å². The highest BCUT2D eigenvalue weighted by molar-refractivity contribution is 5.66. The maximum atomic E-state index is 14.0. The van der Waals surface area contributed by atoms with Crippen molar-refractivity contribution in [3.8, 4) is 22.6 Å². The van der Waals surface area contributed by atoms with Gasteiger partial charge in [-0.05, 0) is 86.3 Å². The van der Waals surface area contributed by atoms with Crippen LogP contribution < -0.4 is 10.2 Å². The third-order valence-electron chi connectivity index (χ3n) is 7.95. The van der Waals surface area contributed by atoms with Crippen LogP contribution in [0.5, 0.6) is 0 Å². The molecule has 0 aliphatic carbocycles. The molecule has 40 heavy (non-hydrogen) atoms. The van der Waals surface area contributed by atoms with Gasteiger partial charge < -0.3 is 15.3 Å². The molecule has 8 nitrogen and oxygen atoms in total. The zero-order chi connectivity index (χ0) is 27.1. The van der Waals surface area contributed by atoms with Crippen molar-refractivity contribution in [1.29, 1.82) is 0 Å². The Hall–Kier alpha value is -4.21. The van der Waals surface area contributed by atoms with Gasteiger partial charge in [-0.25, -0.2) is 18.9 Å². The summed E-state index contributed by atoms with van der Waals surface area (Å²) in [5, 5.41) is 18.6. The van der Waals surface area contributed by atoms with Crippen molar-refractivity contribution < 1.29 is 9.50 Å². The Morgan fingerprint density at radius 2 is 1.85 bits per heavy atom. The summed E-state index contributed by atoms with van der Waals surface area (Å²) in [6.45, 7) is 1.63. The molecule has 5 aromatic rings. The van der Waals surface area contributed by atoms with Gasteiger partial charge in [0, 0.05) is 18.3 Å². The van der Waals surface area contributed by atoms with Crippen LogP contribution >= 0.6 is 0 Å². The van der Waals surface area contributed by atoms with Gasteiger partial charge in [0.2, 0.25) is 0 Å². The fraction of sp³-hybridized carbons (Fsp3) is 0.290. The highest BCUT2D eigenvalue weighted by Crippen LogP contribution is 2.36. The SMILES string of the molecule is OC1CCNC(c2cc(-c3cccc(-c4cnc5ccc(N6CCCC6c6cccc(F)c6)nn45)n3)ccn2)C1. The maximum Gasteiger partial charge on any atom is 0.154 e. The summed E-state index contributed by atoms with van der Waals surface area (Å²) in [5.74, 6) is 0.611. The number of imidazole rings is 1. The van der Waals surface area contributed by atoms with E-state index in [2.05, 4.69) is 20.2 Å². The van der Waals surface area contributed by atoms with Gasteiger partial charge in [-0.2, -0.15) is 0 Å². The summed E-state index contributed by atoms with van der Waals surface area (Å²) < 4.78 is 15.8. The number of nitrogens with one attached hydrogen (secondary N) is 1. The molecule has 0 saturated carbocycles. The average Bonchev–Trinajstić information content (AvgIpc) is 3.65. The number of pyridine rings is 2. The van der Waals surface area contributed by atoms with Crippen LogP contribution in [0.25, 0.3) is 28.3 Å². The molecule has 2 aliphatic heterocycles. The Morgan fingerprint density at radius 1 is 0.950 bits per heavy atom. The minimum atomic E-state index is -0.310. The van der Waals surface area contributed by atoms with Gasteiger partial charge in [0.1, 0.15) is 17.3 Å². The zero-order valence-corrected chi connectivity index (χ0v) is 22.0. The average molecular weight is 536 g/mol. The normalized spacial score (nSPS) is 21.2. The van der Waals surface area contributed by atoms with Crippen LogP contribution in [-0.2, 0) is 0 Å². The molecule has 0 amide bonds. The first kappa shape index (κ1) is 24.8. The summed E-state index contributed by atoms with van der Waals surface area (Å²) >= 11 is 0. The number of fused-ring (bicyclic) bond motifs is 1. The highest BCUT2D eigenvalue weighted by atomic mass is 19.1. The minimum Gasteiger partial charge on any atom is -0.393 e. The van der Waals surface area contributed by atoms with Gasteiger partial charge >= 0.3 is 0 Å². The standard InChI is InChI=1S/C31H30FN7O/c32-22-5-1-4-21(16-22)28-8-3-15-38(28)31-10-9-30-35-19-29(39(30)37-31)25-7-2-6-24(36-25)20-11-13-33-26(17-20)27-18-23(40)12-14-34-27/h1-2,4-7,9-11,13,16-17,19,23,27-28,34,40H,3,8,12,14-15,18H2. The largest absolute Gasteiger partial charge is 0.393 e. The molecular formula is C31H30FN7O. The van der Waals surface area contributed by atoms with E-state index in [9.17, 15) is 9.50 Å². The molecule has 4 aromatic heterocycles. The molecule has 1 aromatic carbocycles. The van der Waals surface area contributed by atoms with E-state index in [1.807, 2.05) is 53.0 Å². The Balaban J connectivity index is 1.21. The Morgan fingerprint density at radius 3 is 2.75 bits per heavy atom. The van der Waals surface area contributed by atoms with Crippen LogP contribution in [0.3, 0.4) is 0 Å². The number of anilines is 1. The molecule has 202 valence electrons. The second-order valence-corrected chi connectivity index (χ2v) is 10.6. The fourth-order valence-electron chi connectivity index (χ4n) is 5.95. The summed E-state index contributed by atoms with van der Waals surface area (Å²) in [4.78, 5) is 16.4. The molecule has 3 unspecified atom stereocenters. The predicted octanol–water partition coefficient (Wildman–Crippen LogP) is 5.12.